The molecule has 3 rings (SSSR count). The predicted octanol–water partition coefficient (Wildman–Crippen LogP) is 3.57. The van der Waals surface area contributed by atoms with Crippen LogP contribution in [0.2, 0.25) is 0 Å². The van der Waals surface area contributed by atoms with E-state index in [1.807, 2.05) is 36.4 Å². The van der Waals surface area contributed by atoms with Crippen LogP contribution in [0.15, 0.2) is 78.9 Å². The number of ether oxygens (including phenoxy) is 2. The summed E-state index contributed by atoms with van der Waals surface area (Å²) in [5.41, 5.74) is 2.43. The van der Waals surface area contributed by atoms with E-state index in [2.05, 4.69) is 10.6 Å². The number of para-hydroxylation sites is 1. The van der Waals surface area contributed by atoms with Gasteiger partial charge >= 0.3 is 0 Å². The van der Waals surface area contributed by atoms with Gasteiger partial charge in [0, 0.05) is 12.7 Å². The summed E-state index contributed by atoms with van der Waals surface area (Å²) in [6, 6.07) is 24.2. The van der Waals surface area contributed by atoms with Gasteiger partial charge in [0.15, 0.2) is 6.61 Å². The smallest absolute Gasteiger partial charge is 0.262 e. The quantitative estimate of drug-likeness (QED) is 0.572. The van der Waals surface area contributed by atoms with Crippen LogP contribution in [0, 0.1) is 0 Å². The van der Waals surface area contributed by atoms with Crippen molar-refractivity contribution in [3.63, 3.8) is 0 Å². The van der Waals surface area contributed by atoms with Crippen LogP contribution in [0.4, 0.5) is 5.69 Å². The zero-order valence-electron chi connectivity index (χ0n) is 16.8. The Labute approximate surface area is 175 Å². The second-order valence-electron chi connectivity index (χ2n) is 6.59. The number of carbonyl (C=O) groups excluding carboxylic acids is 2. The van der Waals surface area contributed by atoms with Gasteiger partial charge in [-0.25, -0.2) is 0 Å². The van der Waals surface area contributed by atoms with Crippen LogP contribution >= 0.6 is 0 Å². The lowest BCUT2D eigenvalue weighted by molar-refractivity contribution is -0.120. The Hall–Kier alpha value is -3.80. The van der Waals surface area contributed by atoms with Gasteiger partial charge in [0.25, 0.3) is 5.91 Å². The molecule has 0 aliphatic heterocycles. The summed E-state index contributed by atoms with van der Waals surface area (Å²) < 4.78 is 11.3. The Bertz CT molecular complexity index is 972. The average molecular weight is 404 g/mol. The second-order valence-corrected chi connectivity index (χ2v) is 6.59. The topological polar surface area (TPSA) is 76.7 Å². The SMILES string of the molecule is CNC(=O)Cc1ccccc1NC(=O)COc1ccc(OCc2ccccc2)cc1. The Morgan fingerprint density at radius 3 is 2.10 bits per heavy atom. The van der Waals surface area contributed by atoms with Crippen molar-refractivity contribution in [1.82, 2.24) is 5.32 Å². The first-order valence-corrected chi connectivity index (χ1v) is 9.62. The third-order valence-electron chi connectivity index (χ3n) is 4.36. The third-order valence-corrected chi connectivity index (χ3v) is 4.36. The highest BCUT2D eigenvalue weighted by molar-refractivity contribution is 5.93. The van der Waals surface area contributed by atoms with Crippen molar-refractivity contribution in [3.05, 3.63) is 90.0 Å². The van der Waals surface area contributed by atoms with Crippen molar-refractivity contribution in [2.24, 2.45) is 0 Å². The zero-order valence-corrected chi connectivity index (χ0v) is 16.8. The summed E-state index contributed by atoms with van der Waals surface area (Å²) in [4.78, 5) is 23.9. The minimum Gasteiger partial charge on any atom is -0.489 e. The van der Waals surface area contributed by atoms with E-state index in [0.717, 1.165) is 16.9 Å². The maximum absolute atomic E-state index is 12.3. The number of carbonyl (C=O) groups is 2. The van der Waals surface area contributed by atoms with Crippen LogP contribution in [0.25, 0.3) is 0 Å². The molecule has 0 aliphatic rings. The number of rotatable bonds is 9. The minimum absolute atomic E-state index is 0.123. The number of nitrogens with one attached hydrogen (secondary N) is 2. The molecular weight excluding hydrogens is 380 g/mol. The molecule has 154 valence electrons. The van der Waals surface area contributed by atoms with Crippen LogP contribution in [0.3, 0.4) is 0 Å². The zero-order chi connectivity index (χ0) is 21.2. The van der Waals surface area contributed by atoms with Crippen molar-refractivity contribution in [2.75, 3.05) is 19.0 Å². The molecule has 0 radical (unpaired) electrons. The fourth-order valence-corrected chi connectivity index (χ4v) is 2.77. The summed E-state index contributed by atoms with van der Waals surface area (Å²) in [6.07, 6.45) is 0.193. The molecule has 6 heteroatoms. The molecule has 0 saturated heterocycles. The molecule has 30 heavy (non-hydrogen) atoms. The molecule has 0 aliphatic carbocycles. The lowest BCUT2D eigenvalue weighted by Crippen LogP contribution is -2.23. The predicted molar refractivity (Wildman–Crippen MR) is 116 cm³/mol. The van der Waals surface area contributed by atoms with Crippen molar-refractivity contribution in [1.29, 1.82) is 0 Å². The van der Waals surface area contributed by atoms with E-state index in [0.29, 0.717) is 18.0 Å². The maximum Gasteiger partial charge on any atom is 0.262 e. The van der Waals surface area contributed by atoms with Gasteiger partial charge < -0.3 is 20.1 Å². The second kappa shape index (κ2) is 10.7. The highest BCUT2D eigenvalue weighted by Crippen LogP contribution is 2.19. The summed E-state index contributed by atoms with van der Waals surface area (Å²) >= 11 is 0. The van der Waals surface area contributed by atoms with E-state index in [1.165, 1.54) is 0 Å². The molecule has 3 aromatic carbocycles. The summed E-state index contributed by atoms with van der Waals surface area (Å²) in [5, 5.41) is 5.37. The van der Waals surface area contributed by atoms with Crippen molar-refractivity contribution >= 4 is 17.5 Å². The van der Waals surface area contributed by atoms with Crippen molar-refractivity contribution in [2.45, 2.75) is 13.0 Å². The van der Waals surface area contributed by atoms with E-state index in [-0.39, 0.29) is 24.8 Å². The third kappa shape index (κ3) is 6.38. The number of hydrogen-bond acceptors (Lipinski definition) is 4. The Balaban J connectivity index is 1.48. The first-order valence-electron chi connectivity index (χ1n) is 9.62. The van der Waals surface area contributed by atoms with Crippen molar-refractivity contribution < 1.29 is 19.1 Å². The van der Waals surface area contributed by atoms with E-state index in [1.54, 1.807) is 49.5 Å². The molecule has 0 spiro atoms. The molecule has 0 unspecified atom stereocenters. The summed E-state index contributed by atoms with van der Waals surface area (Å²) in [7, 11) is 1.58. The Kier molecular flexibility index (Phi) is 7.44. The van der Waals surface area contributed by atoms with E-state index in [9.17, 15) is 9.59 Å². The molecule has 0 heterocycles. The van der Waals surface area contributed by atoms with Gasteiger partial charge in [-0.15, -0.1) is 0 Å². The number of anilines is 1. The van der Waals surface area contributed by atoms with Gasteiger partial charge in [0.05, 0.1) is 6.42 Å². The molecular formula is C24H24N2O4. The van der Waals surface area contributed by atoms with E-state index >= 15 is 0 Å². The molecule has 0 atom stereocenters. The number of benzene rings is 3. The van der Waals surface area contributed by atoms with Gasteiger partial charge in [0.1, 0.15) is 18.1 Å². The molecule has 2 N–H and O–H groups in total. The van der Waals surface area contributed by atoms with E-state index in [4.69, 9.17) is 9.47 Å². The summed E-state index contributed by atoms with van der Waals surface area (Å²) in [5.74, 6) is 0.862. The highest BCUT2D eigenvalue weighted by atomic mass is 16.5. The van der Waals surface area contributed by atoms with Crippen molar-refractivity contribution in [3.8, 4) is 11.5 Å². The first-order chi connectivity index (χ1) is 14.6. The highest BCUT2D eigenvalue weighted by Gasteiger charge is 2.10. The molecule has 0 aromatic heterocycles. The molecule has 2 amide bonds. The van der Waals surface area contributed by atoms with Crippen LogP contribution < -0.4 is 20.1 Å². The maximum atomic E-state index is 12.3. The molecule has 0 fully saturated rings. The Morgan fingerprint density at radius 1 is 0.767 bits per heavy atom. The fourth-order valence-electron chi connectivity index (χ4n) is 2.77. The van der Waals surface area contributed by atoms with Crippen LogP contribution in [0.1, 0.15) is 11.1 Å². The lowest BCUT2D eigenvalue weighted by atomic mass is 10.1. The first kappa shape index (κ1) is 20.9. The van der Waals surface area contributed by atoms with Gasteiger partial charge in [-0.1, -0.05) is 48.5 Å². The standard InChI is InChI=1S/C24H24N2O4/c1-25-23(27)15-19-9-5-6-10-22(19)26-24(28)17-30-21-13-11-20(12-14-21)29-16-18-7-3-2-4-8-18/h2-14H,15-17H2,1H3,(H,25,27)(H,26,28). The minimum atomic E-state index is -0.302. The van der Waals surface area contributed by atoms with Gasteiger partial charge in [-0.3, -0.25) is 9.59 Å². The Morgan fingerprint density at radius 2 is 1.40 bits per heavy atom. The largest absolute Gasteiger partial charge is 0.489 e. The molecule has 3 aromatic rings. The van der Waals surface area contributed by atoms with Crippen LogP contribution in [0.5, 0.6) is 11.5 Å². The summed E-state index contributed by atoms with van der Waals surface area (Å²) in [6.45, 7) is 0.345. The van der Waals surface area contributed by atoms with Crippen LogP contribution in [-0.4, -0.2) is 25.5 Å². The normalized spacial score (nSPS) is 10.2. The molecule has 6 nitrogen and oxygen atoms in total. The number of hydrogen-bond donors (Lipinski definition) is 2. The van der Waals surface area contributed by atoms with Gasteiger partial charge in [0.2, 0.25) is 5.91 Å². The van der Waals surface area contributed by atoms with E-state index < -0.39 is 0 Å². The monoisotopic (exact) mass is 404 g/mol. The lowest BCUT2D eigenvalue weighted by Gasteiger charge is -2.12. The molecule has 0 saturated carbocycles. The molecule has 0 bridgehead atoms. The average Bonchev–Trinajstić information content (AvgIpc) is 2.79. The number of likely N-dealkylation sites (N-methyl/N-ethyl adjacent to an activating group) is 1. The van der Waals surface area contributed by atoms with Gasteiger partial charge in [-0.05, 0) is 41.5 Å². The fraction of sp³-hybridized carbons (Fsp3) is 0.167. The van der Waals surface area contributed by atoms with Gasteiger partial charge in [-0.2, -0.15) is 0 Å². The number of amides is 2. The van der Waals surface area contributed by atoms with Crippen LogP contribution in [-0.2, 0) is 22.6 Å².